The van der Waals surface area contributed by atoms with E-state index in [1.165, 1.54) is 7.11 Å². The number of para-hydroxylation sites is 1. The van der Waals surface area contributed by atoms with Crippen LogP contribution in [0.1, 0.15) is 38.4 Å². The van der Waals surface area contributed by atoms with Gasteiger partial charge in [0.2, 0.25) is 0 Å². The van der Waals surface area contributed by atoms with Crippen molar-refractivity contribution in [1.29, 1.82) is 0 Å². The highest BCUT2D eigenvalue weighted by molar-refractivity contribution is 6.27. The van der Waals surface area contributed by atoms with Crippen LogP contribution in [0, 0.1) is 5.92 Å². The lowest BCUT2D eigenvalue weighted by molar-refractivity contribution is -0.147. The highest BCUT2D eigenvalue weighted by atomic mass is 35.5. The maximum atomic E-state index is 12.2. The zero-order chi connectivity index (χ0) is 17.9. The SMILES string of the molecule is COC(=O)C(CC(=O)CCl)Cc1c(C(C)(C)C)[nH]c2ccccc12. The maximum Gasteiger partial charge on any atom is 0.309 e. The van der Waals surface area contributed by atoms with Gasteiger partial charge in [0.1, 0.15) is 5.78 Å². The molecule has 0 fully saturated rings. The second-order valence-corrected chi connectivity index (χ2v) is 7.34. The van der Waals surface area contributed by atoms with Gasteiger partial charge in [-0.05, 0) is 18.1 Å². The number of aromatic amines is 1. The monoisotopic (exact) mass is 349 g/mol. The van der Waals surface area contributed by atoms with Crippen molar-refractivity contribution in [1.82, 2.24) is 4.98 Å². The lowest BCUT2D eigenvalue weighted by Crippen LogP contribution is -2.24. The molecule has 1 aromatic heterocycles. The van der Waals surface area contributed by atoms with Crippen LogP contribution in [0.5, 0.6) is 0 Å². The molecule has 2 aromatic rings. The van der Waals surface area contributed by atoms with Crippen molar-refractivity contribution in [3.8, 4) is 0 Å². The number of hydrogen-bond donors (Lipinski definition) is 1. The number of ketones is 1. The van der Waals surface area contributed by atoms with Gasteiger partial charge >= 0.3 is 5.97 Å². The smallest absolute Gasteiger partial charge is 0.309 e. The molecule has 0 saturated heterocycles. The van der Waals surface area contributed by atoms with Gasteiger partial charge in [0.15, 0.2) is 0 Å². The Balaban J connectivity index is 2.48. The van der Waals surface area contributed by atoms with E-state index in [-0.39, 0.29) is 29.5 Å². The molecule has 5 heteroatoms. The quantitative estimate of drug-likeness (QED) is 0.633. The van der Waals surface area contributed by atoms with E-state index < -0.39 is 5.92 Å². The minimum absolute atomic E-state index is 0.0898. The number of halogens is 1. The van der Waals surface area contributed by atoms with Crippen LogP contribution in [-0.4, -0.2) is 29.7 Å². The van der Waals surface area contributed by atoms with E-state index in [4.69, 9.17) is 16.3 Å². The molecule has 0 saturated carbocycles. The van der Waals surface area contributed by atoms with Gasteiger partial charge < -0.3 is 9.72 Å². The molecular formula is C19H24ClNO3. The number of hydrogen-bond acceptors (Lipinski definition) is 3. The summed E-state index contributed by atoms with van der Waals surface area (Å²) >= 11 is 5.62. The van der Waals surface area contributed by atoms with E-state index in [9.17, 15) is 9.59 Å². The standard InChI is InChI=1S/C19H24ClNO3/c1-19(2,3)17-15(14-7-5-6-8-16(14)21-17)10-12(18(23)24-4)9-13(22)11-20/h5-8,12,21H,9-11H2,1-4H3. The predicted molar refractivity (Wildman–Crippen MR) is 96.6 cm³/mol. The zero-order valence-electron chi connectivity index (χ0n) is 14.6. The molecular weight excluding hydrogens is 326 g/mol. The topological polar surface area (TPSA) is 59.2 Å². The summed E-state index contributed by atoms with van der Waals surface area (Å²) in [6, 6.07) is 8.01. The number of H-pyrrole nitrogens is 1. The molecule has 1 unspecified atom stereocenters. The Hall–Kier alpha value is -1.81. The van der Waals surface area contributed by atoms with Crippen LogP contribution in [-0.2, 0) is 26.2 Å². The number of benzene rings is 1. The Bertz CT molecular complexity index is 743. The Morgan fingerprint density at radius 1 is 1.25 bits per heavy atom. The Kier molecular flexibility index (Phi) is 5.70. The molecule has 0 bridgehead atoms. The Morgan fingerprint density at radius 2 is 1.92 bits per heavy atom. The zero-order valence-corrected chi connectivity index (χ0v) is 15.4. The summed E-state index contributed by atoms with van der Waals surface area (Å²) in [5, 5.41) is 1.08. The largest absolute Gasteiger partial charge is 0.469 e. The number of Topliss-reactive ketones (excluding diaryl/α,β-unsaturated/α-hetero) is 1. The van der Waals surface area contributed by atoms with Crippen molar-refractivity contribution in [2.45, 2.75) is 39.0 Å². The summed E-state index contributed by atoms with van der Waals surface area (Å²) in [6.45, 7) is 6.37. The van der Waals surface area contributed by atoms with Crippen molar-refractivity contribution in [3.05, 3.63) is 35.5 Å². The van der Waals surface area contributed by atoms with E-state index >= 15 is 0 Å². The first-order valence-corrected chi connectivity index (χ1v) is 8.57. The van der Waals surface area contributed by atoms with Crippen molar-refractivity contribution in [2.24, 2.45) is 5.92 Å². The number of carbonyl (C=O) groups excluding carboxylic acids is 2. The molecule has 1 N–H and O–H groups in total. The minimum Gasteiger partial charge on any atom is -0.469 e. The molecule has 130 valence electrons. The van der Waals surface area contributed by atoms with Crippen LogP contribution < -0.4 is 0 Å². The second kappa shape index (κ2) is 7.39. The average Bonchev–Trinajstić information content (AvgIpc) is 2.92. The molecule has 0 aliphatic rings. The molecule has 0 aliphatic carbocycles. The number of fused-ring (bicyclic) bond motifs is 1. The van der Waals surface area contributed by atoms with Crippen LogP contribution in [0.3, 0.4) is 0 Å². The molecule has 0 radical (unpaired) electrons. The summed E-state index contributed by atoms with van der Waals surface area (Å²) < 4.78 is 4.90. The number of aromatic nitrogens is 1. The van der Waals surface area contributed by atoms with E-state index in [1.54, 1.807) is 0 Å². The fourth-order valence-corrected chi connectivity index (χ4v) is 3.14. The van der Waals surface area contributed by atoms with Crippen LogP contribution in [0.15, 0.2) is 24.3 Å². The third-order valence-corrected chi connectivity index (χ3v) is 4.47. The molecule has 0 amide bonds. The number of nitrogens with one attached hydrogen (secondary N) is 1. The van der Waals surface area contributed by atoms with Crippen molar-refractivity contribution < 1.29 is 14.3 Å². The predicted octanol–water partition coefficient (Wildman–Crippen LogP) is 4.00. The number of ether oxygens (including phenoxy) is 1. The van der Waals surface area contributed by atoms with E-state index in [2.05, 4.69) is 25.8 Å². The van der Waals surface area contributed by atoms with Crippen LogP contribution >= 0.6 is 11.6 Å². The number of carbonyl (C=O) groups is 2. The fourth-order valence-electron chi connectivity index (χ4n) is 3.03. The number of alkyl halides is 1. The first-order chi connectivity index (χ1) is 11.3. The van der Waals surface area contributed by atoms with E-state index in [1.807, 2.05) is 24.3 Å². The normalized spacial score (nSPS) is 13.0. The highest BCUT2D eigenvalue weighted by Crippen LogP contribution is 2.33. The first-order valence-electron chi connectivity index (χ1n) is 8.03. The lowest BCUT2D eigenvalue weighted by atomic mass is 9.84. The molecule has 0 aliphatic heterocycles. The summed E-state index contributed by atoms with van der Waals surface area (Å²) in [5.41, 5.74) is 3.07. The van der Waals surface area contributed by atoms with Gasteiger partial charge in [-0.15, -0.1) is 11.6 Å². The van der Waals surface area contributed by atoms with Gasteiger partial charge in [0, 0.05) is 28.4 Å². The number of methoxy groups -OCH3 is 1. The third-order valence-electron chi connectivity index (χ3n) is 4.17. The summed E-state index contributed by atoms with van der Waals surface area (Å²) in [7, 11) is 1.35. The molecule has 1 atom stereocenters. The highest BCUT2D eigenvalue weighted by Gasteiger charge is 2.28. The molecule has 1 aromatic carbocycles. The first kappa shape index (κ1) is 18.5. The van der Waals surface area contributed by atoms with Gasteiger partial charge in [0.05, 0.1) is 18.9 Å². The van der Waals surface area contributed by atoms with Crippen LogP contribution in [0.2, 0.25) is 0 Å². The Morgan fingerprint density at radius 3 is 2.50 bits per heavy atom. The number of rotatable bonds is 6. The van der Waals surface area contributed by atoms with E-state index in [0.717, 1.165) is 22.2 Å². The third kappa shape index (κ3) is 3.99. The summed E-state index contributed by atoms with van der Waals surface area (Å²) in [4.78, 5) is 27.4. The van der Waals surface area contributed by atoms with Crippen molar-refractivity contribution in [2.75, 3.05) is 13.0 Å². The number of esters is 1. The molecule has 2 rings (SSSR count). The minimum atomic E-state index is -0.526. The summed E-state index contributed by atoms with van der Waals surface area (Å²) in [6.07, 6.45) is 0.547. The average molecular weight is 350 g/mol. The molecule has 1 heterocycles. The maximum absolute atomic E-state index is 12.2. The van der Waals surface area contributed by atoms with E-state index in [0.29, 0.717) is 6.42 Å². The van der Waals surface area contributed by atoms with Crippen LogP contribution in [0.25, 0.3) is 10.9 Å². The molecule has 24 heavy (non-hydrogen) atoms. The second-order valence-electron chi connectivity index (χ2n) is 7.07. The fraction of sp³-hybridized carbons (Fsp3) is 0.474. The lowest BCUT2D eigenvalue weighted by Gasteiger charge is -2.21. The molecule has 4 nitrogen and oxygen atoms in total. The van der Waals surface area contributed by atoms with Gasteiger partial charge in [0.25, 0.3) is 0 Å². The van der Waals surface area contributed by atoms with Gasteiger partial charge in [-0.3, -0.25) is 9.59 Å². The molecule has 0 spiro atoms. The van der Waals surface area contributed by atoms with Gasteiger partial charge in [-0.1, -0.05) is 39.0 Å². The van der Waals surface area contributed by atoms with Crippen molar-refractivity contribution in [3.63, 3.8) is 0 Å². The van der Waals surface area contributed by atoms with Crippen LogP contribution in [0.4, 0.5) is 0 Å². The summed E-state index contributed by atoms with van der Waals surface area (Å²) in [5.74, 6) is -1.14. The van der Waals surface area contributed by atoms with Crippen molar-refractivity contribution >= 4 is 34.3 Å². The van der Waals surface area contributed by atoms with Gasteiger partial charge in [-0.25, -0.2) is 0 Å². The Labute approximate surface area is 147 Å². The van der Waals surface area contributed by atoms with Gasteiger partial charge in [-0.2, -0.15) is 0 Å².